The molecule has 0 aliphatic heterocycles. The van der Waals surface area contributed by atoms with E-state index in [0.29, 0.717) is 16.6 Å². The van der Waals surface area contributed by atoms with E-state index >= 15 is 0 Å². The van der Waals surface area contributed by atoms with Crippen molar-refractivity contribution in [1.82, 2.24) is 9.97 Å². The van der Waals surface area contributed by atoms with Crippen molar-refractivity contribution in [2.45, 2.75) is 34.6 Å². The molecule has 2 rings (SSSR count). The van der Waals surface area contributed by atoms with E-state index in [1.165, 1.54) is 6.33 Å². The lowest BCUT2D eigenvalue weighted by Gasteiger charge is -2.17. The van der Waals surface area contributed by atoms with Gasteiger partial charge in [-0.25, -0.2) is 15.0 Å². The number of carbonyl (C=O) groups excluding carboxylic acids is 3. The number of rotatable bonds is 7. The van der Waals surface area contributed by atoms with Crippen LogP contribution in [0.2, 0.25) is 0 Å². The predicted octanol–water partition coefficient (Wildman–Crippen LogP) is 3.06. The van der Waals surface area contributed by atoms with Gasteiger partial charge in [0.1, 0.15) is 6.33 Å². The Kier molecular flexibility index (Phi) is 7.57. The summed E-state index contributed by atoms with van der Waals surface area (Å²) in [6.45, 7) is 8.96. The molecular formula is C21H26N4O5. The summed E-state index contributed by atoms with van der Waals surface area (Å²) in [7, 11) is 0. The number of aromatic nitrogens is 2. The van der Waals surface area contributed by atoms with E-state index in [9.17, 15) is 14.4 Å². The highest BCUT2D eigenvalue weighted by atomic mass is 16.6. The molecule has 0 saturated carbocycles. The first-order chi connectivity index (χ1) is 14.2. The minimum atomic E-state index is -1.31. The van der Waals surface area contributed by atoms with Crippen LogP contribution < -0.4 is 5.32 Å². The Balaban J connectivity index is 2.39. The van der Waals surface area contributed by atoms with Crippen LogP contribution in [0.1, 0.15) is 34.6 Å². The fraction of sp³-hybridized carbons (Fsp3) is 0.429. The van der Waals surface area contributed by atoms with Gasteiger partial charge in [0.05, 0.1) is 18.7 Å². The highest BCUT2D eigenvalue weighted by Gasteiger charge is 2.28. The standard InChI is InChI=1S/C21H26N4O5/c1-6-29-18(26)15(19(27)30-7-2)11-22-17-14-10-13(25-20(28)21(3,4)5)8-9-16(14)23-12-24-17/h8-12,15H,6-7H2,1-5H3,(H,25,28). The number of nitrogens with one attached hydrogen (secondary N) is 1. The summed E-state index contributed by atoms with van der Waals surface area (Å²) >= 11 is 0. The van der Waals surface area contributed by atoms with Gasteiger partial charge < -0.3 is 14.8 Å². The highest BCUT2D eigenvalue weighted by Crippen LogP contribution is 2.26. The Morgan fingerprint density at radius 2 is 1.73 bits per heavy atom. The minimum absolute atomic E-state index is 0.121. The van der Waals surface area contributed by atoms with Gasteiger partial charge in [0.15, 0.2) is 11.7 Å². The van der Waals surface area contributed by atoms with Crippen LogP contribution in [0.4, 0.5) is 11.5 Å². The van der Waals surface area contributed by atoms with Crippen LogP contribution in [0.15, 0.2) is 29.5 Å². The fourth-order valence-corrected chi connectivity index (χ4v) is 2.37. The topological polar surface area (TPSA) is 120 Å². The van der Waals surface area contributed by atoms with Crippen molar-refractivity contribution in [2.24, 2.45) is 16.3 Å². The summed E-state index contributed by atoms with van der Waals surface area (Å²) in [5, 5.41) is 3.39. The molecule has 0 aliphatic carbocycles. The third-order valence-electron chi connectivity index (χ3n) is 3.98. The first-order valence-electron chi connectivity index (χ1n) is 9.61. The molecule has 1 amide bonds. The lowest BCUT2D eigenvalue weighted by Crippen LogP contribution is -2.29. The summed E-state index contributed by atoms with van der Waals surface area (Å²) < 4.78 is 9.86. The maximum atomic E-state index is 12.3. The van der Waals surface area contributed by atoms with Gasteiger partial charge in [-0.3, -0.25) is 14.4 Å². The monoisotopic (exact) mass is 414 g/mol. The number of hydrogen-bond donors (Lipinski definition) is 1. The molecule has 0 radical (unpaired) electrons. The third-order valence-corrected chi connectivity index (χ3v) is 3.98. The summed E-state index contributed by atoms with van der Waals surface area (Å²) in [6.07, 6.45) is 2.48. The minimum Gasteiger partial charge on any atom is -0.465 e. The van der Waals surface area contributed by atoms with Gasteiger partial charge in [0.25, 0.3) is 0 Å². The van der Waals surface area contributed by atoms with E-state index in [4.69, 9.17) is 9.47 Å². The summed E-state index contributed by atoms with van der Waals surface area (Å²) in [6, 6.07) is 5.14. The number of hydrogen-bond acceptors (Lipinski definition) is 8. The van der Waals surface area contributed by atoms with Gasteiger partial charge >= 0.3 is 11.9 Å². The zero-order valence-electron chi connectivity index (χ0n) is 17.8. The quantitative estimate of drug-likeness (QED) is 0.420. The van der Waals surface area contributed by atoms with Crippen LogP contribution in [0.25, 0.3) is 10.9 Å². The van der Waals surface area contributed by atoms with Crippen molar-refractivity contribution in [2.75, 3.05) is 18.5 Å². The summed E-state index contributed by atoms with van der Waals surface area (Å²) in [5.74, 6) is -2.72. The molecule has 30 heavy (non-hydrogen) atoms. The summed E-state index contributed by atoms with van der Waals surface area (Å²) in [5.41, 5.74) is 0.589. The molecule has 1 aromatic carbocycles. The number of ether oxygens (including phenoxy) is 2. The predicted molar refractivity (Wildman–Crippen MR) is 113 cm³/mol. The van der Waals surface area contributed by atoms with Crippen LogP contribution >= 0.6 is 0 Å². The Morgan fingerprint density at radius 3 is 2.30 bits per heavy atom. The van der Waals surface area contributed by atoms with Crippen molar-refractivity contribution in [3.05, 3.63) is 24.5 Å². The first-order valence-corrected chi connectivity index (χ1v) is 9.61. The summed E-state index contributed by atoms with van der Waals surface area (Å²) in [4.78, 5) is 49.0. The van der Waals surface area contributed by atoms with Crippen molar-refractivity contribution < 1.29 is 23.9 Å². The molecule has 1 N–H and O–H groups in total. The van der Waals surface area contributed by atoms with Gasteiger partial charge in [-0.15, -0.1) is 0 Å². The molecule has 0 saturated heterocycles. The average Bonchev–Trinajstić information content (AvgIpc) is 2.68. The molecule has 0 fully saturated rings. The largest absolute Gasteiger partial charge is 0.465 e. The Bertz CT molecular complexity index is 948. The van der Waals surface area contributed by atoms with Crippen LogP contribution in [-0.4, -0.2) is 47.2 Å². The molecule has 0 aliphatic rings. The Hall–Kier alpha value is -3.36. The highest BCUT2D eigenvalue weighted by molar-refractivity contribution is 6.10. The lowest BCUT2D eigenvalue weighted by atomic mass is 9.95. The number of aliphatic imine (C=N–C) groups is 1. The van der Waals surface area contributed by atoms with Crippen molar-refractivity contribution in [1.29, 1.82) is 0 Å². The second-order valence-corrected chi connectivity index (χ2v) is 7.39. The van der Waals surface area contributed by atoms with Gasteiger partial charge in [0, 0.05) is 22.7 Å². The van der Waals surface area contributed by atoms with E-state index in [0.717, 1.165) is 6.21 Å². The molecular weight excluding hydrogens is 388 g/mol. The van der Waals surface area contributed by atoms with Crippen molar-refractivity contribution in [3.8, 4) is 0 Å². The van der Waals surface area contributed by atoms with E-state index in [2.05, 4.69) is 20.3 Å². The zero-order valence-corrected chi connectivity index (χ0v) is 17.8. The number of fused-ring (bicyclic) bond motifs is 1. The van der Waals surface area contributed by atoms with Crippen LogP contribution in [-0.2, 0) is 23.9 Å². The maximum Gasteiger partial charge on any atom is 0.325 e. The maximum absolute atomic E-state index is 12.3. The lowest BCUT2D eigenvalue weighted by molar-refractivity contribution is -0.157. The molecule has 9 heteroatoms. The number of anilines is 1. The van der Waals surface area contributed by atoms with Crippen molar-refractivity contribution in [3.63, 3.8) is 0 Å². The SMILES string of the molecule is CCOC(=O)C(C=Nc1ncnc2ccc(NC(=O)C(C)(C)C)cc12)C(=O)OCC. The normalized spacial score (nSPS) is 11.7. The smallest absolute Gasteiger partial charge is 0.325 e. The van der Waals surface area contributed by atoms with E-state index in [-0.39, 0.29) is 24.9 Å². The van der Waals surface area contributed by atoms with E-state index < -0.39 is 23.3 Å². The van der Waals surface area contributed by atoms with Gasteiger partial charge in [0.2, 0.25) is 5.91 Å². The molecule has 0 bridgehead atoms. The molecule has 9 nitrogen and oxygen atoms in total. The molecule has 1 aromatic heterocycles. The van der Waals surface area contributed by atoms with Crippen LogP contribution in [0.5, 0.6) is 0 Å². The molecule has 1 heterocycles. The number of nitrogens with zero attached hydrogens (tertiary/aromatic N) is 3. The number of esters is 2. The van der Waals surface area contributed by atoms with Gasteiger partial charge in [-0.05, 0) is 32.0 Å². The van der Waals surface area contributed by atoms with Crippen LogP contribution in [0, 0.1) is 11.3 Å². The Morgan fingerprint density at radius 1 is 1.10 bits per heavy atom. The second kappa shape index (κ2) is 9.91. The van der Waals surface area contributed by atoms with Gasteiger partial charge in [-0.2, -0.15) is 0 Å². The first kappa shape index (κ1) is 22.9. The number of amides is 1. The molecule has 2 aromatic rings. The van der Waals surface area contributed by atoms with Crippen LogP contribution in [0.3, 0.4) is 0 Å². The van der Waals surface area contributed by atoms with E-state index in [1.54, 1.807) is 32.0 Å². The van der Waals surface area contributed by atoms with E-state index in [1.807, 2.05) is 20.8 Å². The Labute approximate surface area is 174 Å². The van der Waals surface area contributed by atoms with Gasteiger partial charge in [-0.1, -0.05) is 20.8 Å². The second-order valence-electron chi connectivity index (χ2n) is 7.39. The van der Waals surface area contributed by atoms with Crippen molar-refractivity contribution >= 4 is 46.5 Å². The number of carbonyl (C=O) groups is 3. The average molecular weight is 414 g/mol. The fourth-order valence-electron chi connectivity index (χ4n) is 2.37. The molecule has 0 unspecified atom stereocenters. The molecule has 0 spiro atoms. The molecule has 0 atom stereocenters. The zero-order chi connectivity index (χ0) is 22.3. The number of benzene rings is 1. The third kappa shape index (κ3) is 5.82. The molecule has 160 valence electrons.